The van der Waals surface area contributed by atoms with Crippen molar-refractivity contribution in [2.75, 3.05) is 32.8 Å². The maximum absolute atomic E-state index is 14.8. The number of pyridine rings is 1. The third-order valence-electron chi connectivity index (χ3n) is 14.0. The van der Waals surface area contributed by atoms with E-state index in [9.17, 15) is 24.0 Å². The van der Waals surface area contributed by atoms with E-state index in [0.717, 1.165) is 44.4 Å². The van der Waals surface area contributed by atoms with Crippen molar-refractivity contribution in [1.82, 2.24) is 35.1 Å². The van der Waals surface area contributed by atoms with E-state index < -0.39 is 52.8 Å². The minimum Gasteiger partial charge on any atom is -0.464 e. The number of cyclic esters (lactones) is 1. The molecule has 4 aliphatic heterocycles. The molecule has 3 saturated heterocycles. The third kappa shape index (κ3) is 8.94. The van der Waals surface area contributed by atoms with Gasteiger partial charge in [-0.2, -0.15) is 0 Å². The molecule has 1 unspecified atom stereocenters. The Kier molecular flexibility index (Phi) is 13.1. The maximum atomic E-state index is 14.8. The van der Waals surface area contributed by atoms with Crippen LogP contribution < -0.4 is 16.6 Å². The molecular weight excluding hydrogens is 837 g/mol. The highest BCUT2D eigenvalue weighted by Gasteiger charge is 2.54. The number of hydrazine groups is 1. The highest BCUT2D eigenvalue weighted by molar-refractivity contribution is 5.98. The van der Waals surface area contributed by atoms with Crippen molar-refractivity contribution in [3.8, 4) is 34.2 Å². The number of aryl methyl sites for hydroxylation is 1. The molecule has 4 aliphatic rings. The van der Waals surface area contributed by atoms with Gasteiger partial charge in [0, 0.05) is 67.7 Å². The van der Waals surface area contributed by atoms with Crippen molar-refractivity contribution >= 4 is 40.5 Å². The summed E-state index contributed by atoms with van der Waals surface area (Å²) < 4.78 is 8.27. The van der Waals surface area contributed by atoms with Crippen molar-refractivity contribution < 1.29 is 33.5 Å². The molecule has 2 aromatic heterocycles. The van der Waals surface area contributed by atoms with Crippen molar-refractivity contribution in [1.29, 1.82) is 0 Å². The van der Waals surface area contributed by atoms with Crippen LogP contribution >= 0.6 is 0 Å². The molecule has 5 atom stereocenters. The van der Waals surface area contributed by atoms with E-state index in [1.54, 1.807) is 22.9 Å². The molecule has 66 heavy (non-hydrogen) atoms. The second-order valence-electron chi connectivity index (χ2n) is 19.6. The molecule has 0 radical (unpaired) electrons. The van der Waals surface area contributed by atoms with E-state index in [4.69, 9.17) is 20.5 Å². The van der Waals surface area contributed by atoms with E-state index in [1.165, 1.54) is 5.01 Å². The van der Waals surface area contributed by atoms with E-state index >= 15 is 0 Å². The first kappa shape index (κ1) is 46.4. The van der Waals surface area contributed by atoms with Gasteiger partial charge in [0.1, 0.15) is 24.2 Å². The molecule has 15 nitrogen and oxygen atoms in total. The van der Waals surface area contributed by atoms with Gasteiger partial charge in [0.25, 0.3) is 11.8 Å². The third-order valence-corrected chi connectivity index (χ3v) is 14.0. The lowest BCUT2D eigenvalue weighted by molar-refractivity contribution is -0.155. The second kappa shape index (κ2) is 18.7. The standard InChI is InChI=1S/C51H62N8O7/c1-8-12-42(60)57-23-19-51(29-57)20-24-58(49(51)64)44(31(2)3)46(61)54-40-26-33-13-9-14-34(25-33)35-17-18-41-37(27-35)38(45(56(41)7)36-15-10-21-53-43(36)32(4)66-52)28-50(5,6)30-65-48(63)39-16-11-22-59(55-39)47(40)62/h9-10,13-15,17-18,21,25,27,31-32,39-40,44,55H,11,16,19-20,22-24,26,28-30,52H2,1-7H3,(H,54,61)/t32-,39-,40-,44-,51?/m0/s1. The molecular formula is C51H62N8O7. The van der Waals surface area contributed by atoms with Gasteiger partial charge in [-0.1, -0.05) is 63.9 Å². The number of rotatable bonds is 7. The summed E-state index contributed by atoms with van der Waals surface area (Å²) in [5.41, 5.74) is 9.18. The molecule has 0 aliphatic carbocycles. The number of aromatic nitrogens is 2. The normalized spacial score (nSPS) is 23.1. The van der Waals surface area contributed by atoms with Gasteiger partial charge >= 0.3 is 5.97 Å². The number of nitrogens with zero attached hydrogens (tertiary/aromatic N) is 5. The average Bonchev–Trinajstić information content (AvgIpc) is 3.97. The van der Waals surface area contributed by atoms with Crippen LogP contribution in [0.25, 0.3) is 33.3 Å². The number of nitrogens with one attached hydrogen (secondary N) is 2. The Morgan fingerprint density at radius 3 is 2.55 bits per heavy atom. The molecule has 2 aromatic carbocycles. The predicted molar refractivity (Wildman–Crippen MR) is 249 cm³/mol. The summed E-state index contributed by atoms with van der Waals surface area (Å²) in [7, 11) is 2.04. The number of fused-ring (bicyclic) bond motifs is 6. The average molecular weight is 899 g/mol. The van der Waals surface area contributed by atoms with E-state index in [2.05, 4.69) is 65.3 Å². The molecule has 4 aromatic rings. The van der Waals surface area contributed by atoms with Gasteiger partial charge < -0.3 is 24.4 Å². The lowest BCUT2D eigenvalue weighted by Crippen LogP contribution is -2.62. The Labute approximate surface area is 386 Å². The first-order valence-corrected chi connectivity index (χ1v) is 23.1. The van der Waals surface area contributed by atoms with Crippen LogP contribution in [-0.4, -0.2) is 105 Å². The first-order chi connectivity index (χ1) is 31.5. The van der Waals surface area contributed by atoms with E-state index in [1.807, 2.05) is 58.2 Å². The second-order valence-corrected chi connectivity index (χ2v) is 19.6. The highest BCUT2D eigenvalue weighted by atomic mass is 16.6. The van der Waals surface area contributed by atoms with E-state index in [0.29, 0.717) is 57.4 Å². The molecule has 0 saturated carbocycles. The van der Waals surface area contributed by atoms with Crippen LogP contribution in [0.15, 0.2) is 60.8 Å². The molecule has 3 fully saturated rings. The first-order valence-electron chi connectivity index (χ1n) is 23.1. The van der Waals surface area contributed by atoms with E-state index in [-0.39, 0.29) is 37.3 Å². The Hall–Kier alpha value is -6.08. The maximum Gasteiger partial charge on any atom is 0.324 e. The van der Waals surface area contributed by atoms with Crippen LogP contribution in [0.5, 0.6) is 0 Å². The van der Waals surface area contributed by atoms with Crippen LogP contribution in [0.2, 0.25) is 0 Å². The molecule has 6 heterocycles. The summed E-state index contributed by atoms with van der Waals surface area (Å²) in [6, 6.07) is 15.6. The molecule has 15 heteroatoms. The number of hydrogen-bond acceptors (Lipinski definition) is 10. The number of ether oxygens (including phenoxy) is 1. The summed E-state index contributed by atoms with van der Waals surface area (Å²) in [5, 5.41) is 5.57. The van der Waals surface area contributed by atoms with Crippen LogP contribution in [0.3, 0.4) is 0 Å². The zero-order chi connectivity index (χ0) is 47.1. The van der Waals surface area contributed by atoms with Gasteiger partial charge in [0.05, 0.1) is 23.4 Å². The van der Waals surface area contributed by atoms with Gasteiger partial charge in [0.15, 0.2) is 0 Å². The summed E-state index contributed by atoms with van der Waals surface area (Å²) in [6.45, 7) is 12.9. The summed E-state index contributed by atoms with van der Waals surface area (Å²) in [6.07, 6.45) is 3.97. The van der Waals surface area contributed by atoms with Crippen molar-refractivity contribution in [2.45, 2.75) is 104 Å². The Morgan fingerprint density at radius 2 is 1.79 bits per heavy atom. The minimum atomic E-state index is -1.05. The molecule has 348 valence electrons. The van der Waals surface area contributed by atoms with Crippen LogP contribution in [0, 0.1) is 28.6 Å². The van der Waals surface area contributed by atoms with Crippen LogP contribution in [-0.2, 0) is 53.4 Å². The summed E-state index contributed by atoms with van der Waals surface area (Å²) in [5.74, 6) is 8.91. The fourth-order valence-corrected chi connectivity index (χ4v) is 10.5. The smallest absolute Gasteiger partial charge is 0.324 e. The monoisotopic (exact) mass is 898 g/mol. The van der Waals surface area contributed by atoms with Crippen LogP contribution in [0.4, 0.5) is 0 Å². The van der Waals surface area contributed by atoms with Crippen molar-refractivity contribution in [2.24, 2.45) is 29.7 Å². The fourth-order valence-electron chi connectivity index (χ4n) is 10.5. The lowest BCUT2D eigenvalue weighted by Gasteiger charge is -2.37. The minimum absolute atomic E-state index is 0.116. The molecule has 8 rings (SSSR count). The number of carbonyl (C=O) groups excluding carboxylic acids is 5. The Bertz CT molecular complexity index is 2630. The summed E-state index contributed by atoms with van der Waals surface area (Å²) in [4.78, 5) is 83.6. The molecule has 6 bridgehead atoms. The number of likely N-dealkylation sites (tertiary alicyclic amines) is 2. The van der Waals surface area contributed by atoms with Gasteiger partial charge in [-0.25, -0.2) is 11.3 Å². The molecule has 4 N–H and O–H groups in total. The number of esters is 1. The fraction of sp³-hybridized carbons (Fsp3) is 0.490. The summed E-state index contributed by atoms with van der Waals surface area (Å²) >= 11 is 0. The number of amides is 4. The lowest BCUT2D eigenvalue weighted by atomic mass is 9.84. The van der Waals surface area contributed by atoms with Crippen LogP contribution in [0.1, 0.15) is 90.2 Å². The zero-order valence-electron chi connectivity index (χ0n) is 39.1. The topological polar surface area (TPSA) is 181 Å². The zero-order valence-corrected chi connectivity index (χ0v) is 39.1. The van der Waals surface area contributed by atoms with Crippen molar-refractivity contribution in [3.63, 3.8) is 0 Å². The SMILES string of the molecule is CC#CC(=O)N1CCC2(CCN([C@H](C(=O)N[C@H]3Cc4cccc(c4)-c4ccc5c(c4)c(c(-c4cccnc4[C@H](C)ON)n5C)CC(C)(C)COC(=O)[C@@H]4CCCN(N4)C3=O)C(C)C)C2=O)C1. The quantitative estimate of drug-likeness (QED) is 0.130. The molecule has 4 amide bonds. The van der Waals surface area contributed by atoms with Gasteiger partial charge in [0.2, 0.25) is 11.8 Å². The number of nitrogens with two attached hydrogens (primary N) is 1. The number of carbonyl (C=O) groups is 5. The van der Waals surface area contributed by atoms with Gasteiger partial charge in [-0.15, -0.1) is 0 Å². The Morgan fingerprint density at radius 1 is 1.02 bits per heavy atom. The van der Waals surface area contributed by atoms with Gasteiger partial charge in [-0.05, 0) is 104 Å². The highest BCUT2D eigenvalue weighted by Crippen LogP contribution is 2.43. The molecule has 1 spiro atoms. The predicted octanol–water partition coefficient (Wildman–Crippen LogP) is 5.01. The Balaban J connectivity index is 1.16. The largest absolute Gasteiger partial charge is 0.464 e. The number of benzene rings is 2. The number of hydrogen-bond donors (Lipinski definition) is 3. The van der Waals surface area contributed by atoms with Crippen molar-refractivity contribution in [3.05, 3.63) is 77.6 Å². The van der Waals surface area contributed by atoms with Gasteiger partial charge in [-0.3, -0.25) is 38.8 Å².